The molecule has 7 nitrogen and oxygen atoms in total. The van der Waals surface area contributed by atoms with Crippen molar-refractivity contribution in [1.29, 1.82) is 0 Å². The van der Waals surface area contributed by atoms with Crippen molar-refractivity contribution >= 4 is 21.9 Å². The summed E-state index contributed by atoms with van der Waals surface area (Å²) in [6, 6.07) is 3.58. The summed E-state index contributed by atoms with van der Waals surface area (Å²) < 4.78 is 11.1. The molecule has 4 N–H and O–H groups in total. The largest absolute Gasteiger partial charge is 0.508 e. The number of phenols is 3. The Kier molecular flexibility index (Phi) is 6.27. The number of aromatic hydroxyl groups is 3. The van der Waals surface area contributed by atoms with Crippen LogP contribution in [-0.2, 0) is 6.42 Å². The third-order valence-corrected chi connectivity index (χ3v) is 5.30. The fraction of sp³-hybridized carbons (Fsp3) is 0.292. The molecule has 0 fully saturated rings. The first-order chi connectivity index (χ1) is 14.6. The molecule has 31 heavy (non-hydrogen) atoms. The molecule has 1 heterocycles. The Balaban J connectivity index is 2.15. The van der Waals surface area contributed by atoms with E-state index >= 15 is 0 Å². The van der Waals surface area contributed by atoms with Crippen LogP contribution in [0.2, 0.25) is 0 Å². The third-order valence-electron chi connectivity index (χ3n) is 5.30. The molecule has 0 amide bonds. The molecule has 0 radical (unpaired) electrons. The number of ether oxygens (including phenoxy) is 1. The summed E-state index contributed by atoms with van der Waals surface area (Å²) in [5.74, 6) is -0.700. The fourth-order valence-corrected chi connectivity index (χ4v) is 3.56. The molecule has 0 aliphatic rings. The highest BCUT2D eigenvalue weighted by Gasteiger charge is 2.21. The van der Waals surface area contributed by atoms with Gasteiger partial charge in [-0.1, -0.05) is 23.8 Å². The van der Waals surface area contributed by atoms with Crippen LogP contribution >= 0.6 is 0 Å². The molecule has 7 heteroatoms. The van der Waals surface area contributed by atoms with Crippen LogP contribution in [0.1, 0.15) is 32.3 Å². The average Bonchev–Trinajstić information content (AvgIpc) is 2.68. The molecular weight excluding hydrogens is 400 g/mol. The van der Waals surface area contributed by atoms with Gasteiger partial charge in [-0.05, 0) is 33.1 Å². The van der Waals surface area contributed by atoms with Crippen LogP contribution in [0.3, 0.4) is 0 Å². The molecule has 0 saturated heterocycles. The van der Waals surface area contributed by atoms with E-state index < -0.39 is 17.3 Å². The number of rotatable bonds is 7. The highest BCUT2D eigenvalue weighted by atomic mass is 16.5. The molecule has 0 spiro atoms. The lowest BCUT2D eigenvalue weighted by Crippen LogP contribution is -2.08. The molecule has 0 aliphatic carbocycles. The summed E-state index contributed by atoms with van der Waals surface area (Å²) in [6.45, 7) is 7.43. The lowest BCUT2D eigenvalue weighted by molar-refractivity contribution is 0.201. The van der Waals surface area contributed by atoms with E-state index in [1.54, 1.807) is 6.92 Å². The normalized spacial score (nSPS) is 13.0. The van der Waals surface area contributed by atoms with Crippen molar-refractivity contribution in [1.82, 2.24) is 0 Å². The van der Waals surface area contributed by atoms with Crippen molar-refractivity contribution in [3.05, 3.63) is 57.8 Å². The van der Waals surface area contributed by atoms with Crippen molar-refractivity contribution < 1.29 is 29.6 Å². The number of hydrogen-bond acceptors (Lipinski definition) is 7. The van der Waals surface area contributed by atoms with Crippen LogP contribution in [-0.4, -0.2) is 33.6 Å². The van der Waals surface area contributed by atoms with Crippen LogP contribution in [0.25, 0.3) is 21.9 Å². The Morgan fingerprint density at radius 2 is 1.81 bits per heavy atom. The minimum Gasteiger partial charge on any atom is -0.508 e. The van der Waals surface area contributed by atoms with Gasteiger partial charge in [-0.25, -0.2) is 0 Å². The summed E-state index contributed by atoms with van der Waals surface area (Å²) in [5.41, 5.74) is 1.72. The van der Waals surface area contributed by atoms with Crippen LogP contribution in [0, 0.1) is 0 Å². The Bertz CT molecular complexity index is 1250. The number of fused-ring (bicyclic) bond motifs is 2. The van der Waals surface area contributed by atoms with E-state index in [0.717, 1.165) is 11.6 Å². The van der Waals surface area contributed by atoms with Crippen LogP contribution in [0.5, 0.6) is 23.0 Å². The molecule has 164 valence electrons. The van der Waals surface area contributed by atoms with E-state index in [1.807, 2.05) is 13.0 Å². The van der Waals surface area contributed by atoms with Gasteiger partial charge in [-0.2, -0.15) is 0 Å². The Hall–Kier alpha value is -3.45. The zero-order chi connectivity index (χ0) is 22.9. The van der Waals surface area contributed by atoms with Gasteiger partial charge in [0.25, 0.3) is 0 Å². The first-order valence-electron chi connectivity index (χ1n) is 9.84. The highest BCUT2D eigenvalue weighted by molar-refractivity contribution is 5.96. The summed E-state index contributed by atoms with van der Waals surface area (Å²) >= 11 is 0. The van der Waals surface area contributed by atoms with Gasteiger partial charge in [0.05, 0.1) is 18.6 Å². The number of aliphatic hydroxyl groups is 1. The second-order valence-corrected chi connectivity index (χ2v) is 7.71. The van der Waals surface area contributed by atoms with E-state index in [1.165, 1.54) is 19.2 Å². The maximum atomic E-state index is 13.3. The lowest BCUT2D eigenvalue weighted by atomic mass is 9.98. The molecule has 3 aromatic rings. The van der Waals surface area contributed by atoms with Gasteiger partial charge in [0.2, 0.25) is 5.43 Å². The minimum atomic E-state index is -0.586. The number of aliphatic hydroxyl groups excluding tert-OH is 1. The van der Waals surface area contributed by atoms with E-state index in [2.05, 4.69) is 6.58 Å². The van der Waals surface area contributed by atoms with Crippen LogP contribution in [0.4, 0.5) is 0 Å². The van der Waals surface area contributed by atoms with Crippen LogP contribution < -0.4 is 10.2 Å². The monoisotopic (exact) mass is 426 g/mol. The smallest absolute Gasteiger partial charge is 0.204 e. The zero-order valence-electron chi connectivity index (χ0n) is 17.7. The number of benzene rings is 2. The van der Waals surface area contributed by atoms with Gasteiger partial charge in [0.15, 0.2) is 11.5 Å². The Labute approximate surface area is 179 Å². The van der Waals surface area contributed by atoms with Crippen molar-refractivity contribution in [3.8, 4) is 23.0 Å². The molecule has 0 saturated carbocycles. The van der Waals surface area contributed by atoms with Gasteiger partial charge in [0, 0.05) is 23.8 Å². The maximum Gasteiger partial charge on any atom is 0.204 e. The van der Waals surface area contributed by atoms with Crippen molar-refractivity contribution in [3.63, 3.8) is 0 Å². The van der Waals surface area contributed by atoms with Gasteiger partial charge < -0.3 is 29.6 Å². The first kappa shape index (κ1) is 22.2. The van der Waals surface area contributed by atoms with E-state index in [4.69, 9.17) is 9.15 Å². The molecular formula is C24H26O7. The fourth-order valence-electron chi connectivity index (χ4n) is 3.56. The van der Waals surface area contributed by atoms with E-state index in [9.17, 15) is 25.2 Å². The number of allylic oxidation sites excluding steroid dienone is 2. The first-order valence-corrected chi connectivity index (χ1v) is 9.84. The summed E-state index contributed by atoms with van der Waals surface area (Å²) in [7, 11) is 1.39. The molecule has 3 rings (SSSR count). The molecule has 2 aromatic carbocycles. The summed E-state index contributed by atoms with van der Waals surface area (Å²) in [4.78, 5) is 13.3. The standard InChI is InChI=1S/C24H26O7/c1-12(2)16(26)8-6-13(3)5-7-15-21-20(11-18(28)24(15)30-4)31-19-10-14(25)9-17(27)22(19)23(21)29/h5,9-11,16,25-28H,1,6-8H2,2-4H3/b13-5+/t16-/m0/s1. The molecule has 0 unspecified atom stereocenters. The number of phenolic OH excluding ortho intramolecular Hbond substituents is 3. The molecule has 1 atom stereocenters. The van der Waals surface area contributed by atoms with Crippen molar-refractivity contribution in [2.45, 2.75) is 39.2 Å². The highest BCUT2D eigenvalue weighted by Crippen LogP contribution is 2.39. The number of hydrogen-bond donors (Lipinski definition) is 4. The van der Waals surface area contributed by atoms with Crippen LogP contribution in [0.15, 0.2) is 51.2 Å². The average molecular weight is 426 g/mol. The van der Waals surface area contributed by atoms with Gasteiger partial charge in [0.1, 0.15) is 28.1 Å². The SMILES string of the molecule is C=C(C)[C@@H](O)CC/C(C)=C/Cc1c(OC)c(O)cc2oc3cc(O)cc(O)c3c(=O)c12. The predicted molar refractivity (Wildman–Crippen MR) is 119 cm³/mol. The van der Waals surface area contributed by atoms with E-state index in [0.29, 0.717) is 24.0 Å². The lowest BCUT2D eigenvalue weighted by Gasteiger charge is -2.14. The Morgan fingerprint density at radius 1 is 1.13 bits per heavy atom. The summed E-state index contributed by atoms with van der Waals surface area (Å²) in [5, 5.41) is 40.4. The van der Waals surface area contributed by atoms with Crippen molar-refractivity contribution in [2.24, 2.45) is 0 Å². The number of methoxy groups -OCH3 is 1. The quantitative estimate of drug-likeness (QED) is 0.329. The maximum absolute atomic E-state index is 13.3. The predicted octanol–water partition coefficient (Wildman–Crippen LogP) is 4.28. The van der Waals surface area contributed by atoms with Gasteiger partial charge in [-0.15, -0.1) is 0 Å². The van der Waals surface area contributed by atoms with Gasteiger partial charge in [-0.3, -0.25) is 4.79 Å². The van der Waals surface area contributed by atoms with E-state index in [-0.39, 0.29) is 45.6 Å². The molecule has 0 aliphatic heterocycles. The van der Waals surface area contributed by atoms with Gasteiger partial charge >= 0.3 is 0 Å². The Morgan fingerprint density at radius 3 is 2.45 bits per heavy atom. The second-order valence-electron chi connectivity index (χ2n) is 7.71. The molecule has 1 aromatic heterocycles. The molecule has 0 bridgehead atoms. The minimum absolute atomic E-state index is 0.00558. The third kappa shape index (κ3) is 4.36. The summed E-state index contributed by atoms with van der Waals surface area (Å²) in [6.07, 6.45) is 2.72. The zero-order valence-corrected chi connectivity index (χ0v) is 17.7. The topological polar surface area (TPSA) is 120 Å². The van der Waals surface area contributed by atoms with Crippen molar-refractivity contribution in [2.75, 3.05) is 7.11 Å². The second kappa shape index (κ2) is 8.73.